The standard InChI is InChI=1S/C18H23ClN4O2S/c1-11(2)10-23-16(9-8-15(20)24)21-22-18(23)26-12(3)17(25)13-4-6-14(19)7-5-13/h4-7,11-12H,8-10H2,1-3H3,(H2,20,24). The summed E-state index contributed by atoms with van der Waals surface area (Å²) in [7, 11) is 0. The maximum Gasteiger partial charge on any atom is 0.217 e. The van der Waals surface area contributed by atoms with Crippen molar-refractivity contribution in [3.05, 3.63) is 40.7 Å². The second kappa shape index (κ2) is 9.19. The number of halogens is 1. The number of aryl methyl sites for hydroxylation is 1. The van der Waals surface area contributed by atoms with Crippen molar-refractivity contribution >= 4 is 35.1 Å². The molecule has 0 saturated carbocycles. The van der Waals surface area contributed by atoms with Crippen molar-refractivity contribution in [1.29, 1.82) is 0 Å². The minimum atomic E-state index is -0.371. The monoisotopic (exact) mass is 394 g/mol. The number of amides is 1. The first kappa shape index (κ1) is 20.5. The van der Waals surface area contributed by atoms with Crippen LogP contribution >= 0.6 is 23.4 Å². The first-order chi connectivity index (χ1) is 12.3. The highest BCUT2D eigenvalue weighted by Crippen LogP contribution is 2.26. The van der Waals surface area contributed by atoms with E-state index in [1.807, 2.05) is 11.5 Å². The number of Topliss-reactive ketones (excluding diaryl/α,β-unsaturated/α-hetero) is 1. The summed E-state index contributed by atoms with van der Waals surface area (Å²) in [4.78, 5) is 23.7. The summed E-state index contributed by atoms with van der Waals surface area (Å²) in [5, 5.41) is 9.37. The van der Waals surface area contributed by atoms with E-state index in [2.05, 4.69) is 24.0 Å². The Kier molecular flexibility index (Phi) is 7.23. The van der Waals surface area contributed by atoms with Crippen molar-refractivity contribution in [2.45, 2.75) is 50.6 Å². The Morgan fingerprint density at radius 3 is 2.42 bits per heavy atom. The molecule has 140 valence electrons. The minimum absolute atomic E-state index is 0.00412. The van der Waals surface area contributed by atoms with E-state index < -0.39 is 0 Å². The Labute approximate surface area is 162 Å². The van der Waals surface area contributed by atoms with Crippen LogP contribution in [0, 0.1) is 5.92 Å². The summed E-state index contributed by atoms with van der Waals surface area (Å²) >= 11 is 7.24. The van der Waals surface area contributed by atoms with Crippen molar-refractivity contribution in [2.75, 3.05) is 0 Å². The molecule has 0 fully saturated rings. The van der Waals surface area contributed by atoms with Crippen LogP contribution in [0.15, 0.2) is 29.4 Å². The van der Waals surface area contributed by atoms with Crippen LogP contribution in [0.5, 0.6) is 0 Å². The third-order valence-electron chi connectivity index (χ3n) is 3.72. The predicted molar refractivity (Wildman–Crippen MR) is 103 cm³/mol. The highest BCUT2D eigenvalue weighted by Gasteiger charge is 2.21. The molecular formula is C18H23ClN4O2S. The number of hydrogen-bond donors (Lipinski definition) is 1. The fourth-order valence-corrected chi connectivity index (χ4v) is 3.52. The Hall–Kier alpha value is -1.86. The number of benzene rings is 1. The van der Waals surface area contributed by atoms with Crippen molar-refractivity contribution in [3.63, 3.8) is 0 Å². The zero-order chi connectivity index (χ0) is 19.3. The molecule has 1 amide bonds. The van der Waals surface area contributed by atoms with E-state index in [0.29, 0.717) is 40.5 Å². The number of hydrogen-bond acceptors (Lipinski definition) is 5. The van der Waals surface area contributed by atoms with Gasteiger partial charge in [-0.3, -0.25) is 9.59 Å². The molecule has 26 heavy (non-hydrogen) atoms. The number of thioether (sulfide) groups is 1. The van der Waals surface area contributed by atoms with E-state index in [0.717, 1.165) is 0 Å². The zero-order valence-electron chi connectivity index (χ0n) is 15.1. The average Bonchev–Trinajstić information content (AvgIpc) is 2.94. The molecule has 1 heterocycles. The summed E-state index contributed by atoms with van der Waals surface area (Å²) in [5.41, 5.74) is 5.85. The number of carbonyl (C=O) groups excluding carboxylic acids is 2. The first-order valence-corrected chi connectivity index (χ1v) is 9.70. The van der Waals surface area contributed by atoms with E-state index in [-0.39, 0.29) is 23.4 Å². The highest BCUT2D eigenvalue weighted by molar-refractivity contribution is 8.00. The number of aromatic nitrogens is 3. The molecule has 0 radical (unpaired) electrons. The van der Waals surface area contributed by atoms with E-state index >= 15 is 0 Å². The maximum atomic E-state index is 12.6. The molecule has 2 rings (SSSR count). The Morgan fingerprint density at radius 2 is 1.85 bits per heavy atom. The van der Waals surface area contributed by atoms with Gasteiger partial charge in [0.05, 0.1) is 5.25 Å². The van der Waals surface area contributed by atoms with Gasteiger partial charge >= 0.3 is 0 Å². The van der Waals surface area contributed by atoms with Gasteiger partial charge in [0.2, 0.25) is 5.91 Å². The number of rotatable bonds is 9. The third kappa shape index (κ3) is 5.57. The smallest absolute Gasteiger partial charge is 0.217 e. The average molecular weight is 395 g/mol. The number of carbonyl (C=O) groups is 2. The van der Waals surface area contributed by atoms with Crippen molar-refractivity contribution < 1.29 is 9.59 Å². The van der Waals surface area contributed by atoms with Gasteiger partial charge in [0.25, 0.3) is 0 Å². The number of nitrogens with zero attached hydrogens (tertiary/aromatic N) is 3. The summed E-state index contributed by atoms with van der Waals surface area (Å²) < 4.78 is 1.98. The number of nitrogens with two attached hydrogens (primary N) is 1. The van der Waals surface area contributed by atoms with E-state index in [1.165, 1.54) is 11.8 Å². The molecule has 8 heteroatoms. The quantitative estimate of drug-likeness (QED) is 0.520. The van der Waals surface area contributed by atoms with Gasteiger partial charge < -0.3 is 10.3 Å². The van der Waals surface area contributed by atoms with Crippen LogP contribution in [0.2, 0.25) is 5.02 Å². The lowest BCUT2D eigenvalue weighted by atomic mass is 10.1. The zero-order valence-corrected chi connectivity index (χ0v) is 16.7. The molecule has 0 aliphatic rings. The highest BCUT2D eigenvalue weighted by atomic mass is 35.5. The molecule has 1 aromatic heterocycles. The van der Waals surface area contributed by atoms with Crippen LogP contribution in [0.25, 0.3) is 0 Å². The molecule has 1 aromatic carbocycles. The minimum Gasteiger partial charge on any atom is -0.370 e. The molecule has 0 aliphatic heterocycles. The number of ketones is 1. The molecule has 2 aromatic rings. The largest absolute Gasteiger partial charge is 0.370 e. The van der Waals surface area contributed by atoms with Crippen molar-refractivity contribution in [2.24, 2.45) is 11.7 Å². The molecule has 2 N–H and O–H groups in total. The van der Waals surface area contributed by atoms with Gasteiger partial charge in [0.15, 0.2) is 10.9 Å². The fourth-order valence-electron chi connectivity index (χ4n) is 2.44. The van der Waals surface area contributed by atoms with Crippen molar-refractivity contribution in [3.8, 4) is 0 Å². The second-order valence-corrected chi connectivity index (χ2v) is 8.25. The normalized spacial score (nSPS) is 12.3. The van der Waals surface area contributed by atoms with Crippen LogP contribution in [0.1, 0.15) is 43.4 Å². The molecule has 1 unspecified atom stereocenters. The third-order valence-corrected chi connectivity index (χ3v) is 5.05. The SMILES string of the molecule is CC(C)Cn1c(CCC(N)=O)nnc1SC(C)C(=O)c1ccc(Cl)cc1. The summed E-state index contributed by atoms with van der Waals surface area (Å²) in [6.45, 7) is 6.74. The van der Waals surface area contributed by atoms with E-state index in [1.54, 1.807) is 24.3 Å². The van der Waals surface area contributed by atoms with Gasteiger partial charge in [-0.05, 0) is 37.1 Å². The molecular weight excluding hydrogens is 372 g/mol. The van der Waals surface area contributed by atoms with Crippen LogP contribution < -0.4 is 5.73 Å². The lowest BCUT2D eigenvalue weighted by Gasteiger charge is -2.14. The van der Waals surface area contributed by atoms with Crippen LogP contribution in [-0.2, 0) is 17.8 Å². The molecule has 0 aliphatic carbocycles. The first-order valence-electron chi connectivity index (χ1n) is 8.44. The fraction of sp³-hybridized carbons (Fsp3) is 0.444. The summed E-state index contributed by atoms with van der Waals surface area (Å²) in [6, 6.07) is 6.85. The molecule has 0 bridgehead atoms. The summed E-state index contributed by atoms with van der Waals surface area (Å²) in [5.74, 6) is 0.722. The molecule has 0 saturated heterocycles. The van der Waals surface area contributed by atoms with Crippen LogP contribution in [0.3, 0.4) is 0 Å². The van der Waals surface area contributed by atoms with Crippen LogP contribution in [-0.4, -0.2) is 31.7 Å². The van der Waals surface area contributed by atoms with E-state index in [9.17, 15) is 9.59 Å². The second-order valence-electron chi connectivity index (χ2n) is 6.50. The Morgan fingerprint density at radius 1 is 1.19 bits per heavy atom. The van der Waals surface area contributed by atoms with Gasteiger partial charge in [-0.25, -0.2) is 0 Å². The van der Waals surface area contributed by atoms with Gasteiger partial charge in [0, 0.05) is 30.0 Å². The predicted octanol–water partition coefficient (Wildman–Crippen LogP) is 3.37. The topological polar surface area (TPSA) is 90.9 Å². The van der Waals surface area contributed by atoms with Gasteiger partial charge in [-0.1, -0.05) is 37.2 Å². The van der Waals surface area contributed by atoms with E-state index in [4.69, 9.17) is 17.3 Å². The number of primary amides is 1. The Bertz CT molecular complexity index is 774. The lowest BCUT2D eigenvalue weighted by Crippen LogP contribution is -2.17. The van der Waals surface area contributed by atoms with Gasteiger partial charge in [-0.15, -0.1) is 10.2 Å². The van der Waals surface area contributed by atoms with Gasteiger partial charge in [-0.2, -0.15) is 0 Å². The van der Waals surface area contributed by atoms with Crippen LogP contribution in [0.4, 0.5) is 0 Å². The molecule has 6 nitrogen and oxygen atoms in total. The molecule has 1 atom stereocenters. The maximum absolute atomic E-state index is 12.6. The Balaban J connectivity index is 2.17. The summed E-state index contributed by atoms with van der Waals surface area (Å²) in [6.07, 6.45) is 0.662. The van der Waals surface area contributed by atoms with Gasteiger partial charge in [0.1, 0.15) is 5.82 Å². The lowest BCUT2D eigenvalue weighted by molar-refractivity contribution is -0.118. The van der Waals surface area contributed by atoms with Crippen molar-refractivity contribution in [1.82, 2.24) is 14.8 Å². The molecule has 0 spiro atoms.